The van der Waals surface area contributed by atoms with Crippen molar-refractivity contribution in [1.29, 1.82) is 0 Å². The number of nitrogens with one attached hydrogen (secondary N) is 2. The summed E-state index contributed by atoms with van der Waals surface area (Å²) in [5.41, 5.74) is -0.571. The van der Waals surface area contributed by atoms with E-state index < -0.39 is 41.0 Å². The van der Waals surface area contributed by atoms with Gasteiger partial charge in [-0.2, -0.15) is 0 Å². The molecule has 37 heavy (non-hydrogen) atoms. The quantitative estimate of drug-likeness (QED) is 0.472. The van der Waals surface area contributed by atoms with Crippen molar-refractivity contribution in [2.24, 2.45) is 23.7 Å². The standard InChI is InChI=1S/C26H36N6O5/c1-6-14(2)18(12-33)32-21(23(35)28-13-31-17-10-8-7-9-16(17)29-30-31)26-11-15(3)25(4,37-26)19(22(34)27-5)20(26)24(32)36/h7-10,14-15,18-21,33H,6,11-13H2,1-5H3,(H,27,34)(H,28,35)/t14-,15?,18-,19+,20-,21?,25-,26?/m0/s1. The van der Waals surface area contributed by atoms with Gasteiger partial charge in [0.25, 0.3) is 0 Å². The van der Waals surface area contributed by atoms with Crippen LogP contribution in [0.2, 0.25) is 0 Å². The Bertz CT molecular complexity index is 1230. The van der Waals surface area contributed by atoms with Gasteiger partial charge in [0.2, 0.25) is 17.7 Å². The summed E-state index contributed by atoms with van der Waals surface area (Å²) in [4.78, 5) is 42.8. The molecule has 5 rings (SSSR count). The van der Waals surface area contributed by atoms with Crippen LogP contribution in [0.25, 0.3) is 11.0 Å². The molecule has 1 aromatic carbocycles. The SMILES string of the molecule is CC[C@H](C)[C@H](CO)N1C(=O)[C@@H]2[C@H](C(=O)NC)[C@@]3(C)OC2(CC3C)C1C(=O)NCn1nnc2ccccc21. The van der Waals surface area contributed by atoms with Gasteiger partial charge in [-0.1, -0.05) is 44.5 Å². The van der Waals surface area contributed by atoms with Crippen LogP contribution >= 0.6 is 0 Å². The van der Waals surface area contributed by atoms with Gasteiger partial charge < -0.3 is 25.4 Å². The first-order chi connectivity index (χ1) is 17.6. The number of hydrogen-bond acceptors (Lipinski definition) is 7. The summed E-state index contributed by atoms with van der Waals surface area (Å²) in [5, 5.41) is 24.3. The van der Waals surface area contributed by atoms with Crippen LogP contribution in [-0.4, -0.2) is 79.7 Å². The topological polar surface area (TPSA) is 139 Å². The summed E-state index contributed by atoms with van der Waals surface area (Å²) in [6.07, 6.45) is 1.17. The van der Waals surface area contributed by atoms with E-state index in [2.05, 4.69) is 20.9 Å². The van der Waals surface area contributed by atoms with Crippen molar-refractivity contribution in [2.75, 3.05) is 13.7 Å². The maximum atomic E-state index is 14.1. The number of hydrogen-bond donors (Lipinski definition) is 3. The van der Waals surface area contributed by atoms with Crippen LogP contribution in [0.15, 0.2) is 24.3 Å². The summed E-state index contributed by atoms with van der Waals surface area (Å²) >= 11 is 0. The Morgan fingerprint density at radius 3 is 2.70 bits per heavy atom. The second-order valence-electron chi connectivity index (χ2n) is 11.0. The van der Waals surface area contributed by atoms with Crippen molar-refractivity contribution in [3.63, 3.8) is 0 Å². The Hall–Kier alpha value is -3.05. The van der Waals surface area contributed by atoms with Gasteiger partial charge >= 0.3 is 0 Å². The van der Waals surface area contributed by atoms with E-state index in [1.165, 1.54) is 4.90 Å². The van der Waals surface area contributed by atoms with Gasteiger partial charge in [-0.05, 0) is 37.3 Å². The maximum Gasteiger partial charge on any atom is 0.247 e. The number of rotatable bonds is 8. The van der Waals surface area contributed by atoms with Crippen molar-refractivity contribution in [3.05, 3.63) is 24.3 Å². The van der Waals surface area contributed by atoms with Crippen LogP contribution in [0, 0.1) is 23.7 Å². The second kappa shape index (κ2) is 9.05. The Labute approximate surface area is 215 Å². The van der Waals surface area contributed by atoms with E-state index in [4.69, 9.17) is 4.74 Å². The van der Waals surface area contributed by atoms with Crippen LogP contribution in [0.4, 0.5) is 0 Å². The number of likely N-dealkylation sites (tertiary alicyclic amines) is 1. The number of aromatic nitrogens is 3. The molecule has 3 N–H and O–H groups in total. The molecule has 3 amide bonds. The van der Waals surface area contributed by atoms with Crippen LogP contribution in [0.1, 0.15) is 40.5 Å². The van der Waals surface area contributed by atoms with Gasteiger partial charge in [0.05, 0.1) is 35.6 Å². The fraction of sp³-hybridized carbons (Fsp3) is 0.654. The third-order valence-corrected chi connectivity index (χ3v) is 9.20. The van der Waals surface area contributed by atoms with E-state index in [0.29, 0.717) is 18.4 Å². The lowest BCUT2D eigenvalue weighted by atomic mass is 9.62. The van der Waals surface area contributed by atoms with Crippen molar-refractivity contribution in [2.45, 2.75) is 70.5 Å². The molecule has 0 aliphatic carbocycles. The normalized spacial score (nSPS) is 34.0. The number of amides is 3. The first-order valence-electron chi connectivity index (χ1n) is 13.0. The average molecular weight is 513 g/mol. The lowest BCUT2D eigenvalue weighted by Crippen LogP contribution is -2.59. The summed E-state index contributed by atoms with van der Waals surface area (Å²) < 4.78 is 8.26. The van der Waals surface area contributed by atoms with E-state index in [1.807, 2.05) is 52.0 Å². The first kappa shape index (κ1) is 25.6. The molecule has 2 bridgehead atoms. The molecule has 1 spiro atoms. The highest BCUT2D eigenvalue weighted by molar-refractivity contribution is 5.99. The van der Waals surface area contributed by atoms with E-state index >= 15 is 0 Å². The number of carbonyl (C=O) groups excluding carboxylic acids is 3. The molecule has 200 valence electrons. The molecule has 0 radical (unpaired) electrons. The first-order valence-corrected chi connectivity index (χ1v) is 13.0. The molecule has 3 saturated heterocycles. The van der Waals surface area contributed by atoms with Gasteiger partial charge in [-0.3, -0.25) is 14.4 Å². The van der Waals surface area contributed by atoms with Crippen LogP contribution < -0.4 is 10.6 Å². The smallest absolute Gasteiger partial charge is 0.247 e. The summed E-state index contributed by atoms with van der Waals surface area (Å²) in [6.45, 7) is 7.57. The zero-order valence-corrected chi connectivity index (χ0v) is 22.0. The van der Waals surface area contributed by atoms with Crippen LogP contribution in [0.3, 0.4) is 0 Å². The number of ether oxygens (including phenoxy) is 1. The molecular formula is C26H36N6O5. The Morgan fingerprint density at radius 1 is 1.30 bits per heavy atom. The molecule has 3 fully saturated rings. The van der Waals surface area contributed by atoms with Gasteiger partial charge in [0, 0.05) is 7.05 Å². The molecule has 3 aliphatic heterocycles. The molecule has 8 atom stereocenters. The van der Waals surface area contributed by atoms with Gasteiger partial charge in [0.1, 0.15) is 23.8 Å². The molecule has 0 saturated carbocycles. The van der Waals surface area contributed by atoms with Gasteiger partial charge in [-0.25, -0.2) is 4.68 Å². The minimum atomic E-state index is -1.17. The number of fused-ring (bicyclic) bond motifs is 2. The van der Waals surface area contributed by atoms with Crippen LogP contribution in [0.5, 0.6) is 0 Å². The number of aliphatic hydroxyl groups is 1. The molecule has 11 nitrogen and oxygen atoms in total. The highest BCUT2D eigenvalue weighted by Gasteiger charge is 2.80. The predicted octanol–water partition coefficient (Wildman–Crippen LogP) is 0.669. The second-order valence-corrected chi connectivity index (χ2v) is 11.0. The minimum Gasteiger partial charge on any atom is -0.394 e. The lowest BCUT2D eigenvalue weighted by Gasteiger charge is -2.39. The van der Waals surface area contributed by atoms with E-state index in [9.17, 15) is 19.5 Å². The third-order valence-electron chi connectivity index (χ3n) is 9.20. The Morgan fingerprint density at radius 2 is 2.03 bits per heavy atom. The van der Waals surface area contributed by atoms with Crippen molar-refractivity contribution >= 4 is 28.8 Å². The number of carbonyl (C=O) groups is 3. The largest absolute Gasteiger partial charge is 0.394 e. The highest BCUT2D eigenvalue weighted by Crippen LogP contribution is 2.65. The third kappa shape index (κ3) is 3.50. The molecule has 3 unspecified atom stereocenters. The fourth-order valence-corrected chi connectivity index (χ4v) is 6.99. The van der Waals surface area contributed by atoms with Crippen molar-refractivity contribution < 1.29 is 24.2 Å². The number of nitrogens with zero attached hydrogens (tertiary/aromatic N) is 4. The van der Waals surface area contributed by atoms with Crippen molar-refractivity contribution in [3.8, 4) is 0 Å². The predicted molar refractivity (Wildman–Crippen MR) is 134 cm³/mol. The molecule has 11 heteroatoms. The molecule has 2 aromatic rings. The summed E-state index contributed by atoms with van der Waals surface area (Å²) in [5.74, 6) is -2.64. The van der Waals surface area contributed by atoms with E-state index in [-0.39, 0.29) is 36.9 Å². The molecule has 1 aromatic heterocycles. The zero-order chi connectivity index (χ0) is 26.7. The summed E-state index contributed by atoms with van der Waals surface area (Å²) in [6, 6.07) is 5.86. The van der Waals surface area contributed by atoms with Crippen LogP contribution in [-0.2, 0) is 25.8 Å². The maximum absolute atomic E-state index is 14.1. The van der Waals surface area contributed by atoms with Gasteiger partial charge in [0.15, 0.2) is 0 Å². The molecule has 4 heterocycles. The average Bonchev–Trinajstić information content (AvgIpc) is 3.56. The fourth-order valence-electron chi connectivity index (χ4n) is 6.99. The highest BCUT2D eigenvalue weighted by atomic mass is 16.5. The summed E-state index contributed by atoms with van der Waals surface area (Å²) in [7, 11) is 1.55. The van der Waals surface area contributed by atoms with E-state index in [1.54, 1.807) is 11.7 Å². The molecular weight excluding hydrogens is 476 g/mol. The van der Waals surface area contributed by atoms with E-state index in [0.717, 1.165) is 5.52 Å². The van der Waals surface area contributed by atoms with Gasteiger partial charge in [-0.15, -0.1) is 5.10 Å². The number of aliphatic hydroxyl groups excluding tert-OH is 1. The minimum absolute atomic E-state index is 0.0514. The zero-order valence-electron chi connectivity index (χ0n) is 22.0. The lowest BCUT2D eigenvalue weighted by molar-refractivity contribution is -0.152. The van der Waals surface area contributed by atoms with Crippen molar-refractivity contribution in [1.82, 2.24) is 30.5 Å². The Kier molecular flexibility index (Phi) is 6.26. The number of benzene rings is 1. The monoisotopic (exact) mass is 512 g/mol. The molecule has 3 aliphatic rings. The Balaban J connectivity index is 1.55. The number of para-hydroxylation sites is 1.